The Hall–Kier alpha value is -7.05. The number of carbonyl (C=O) groups excluding carboxylic acids is 9. The van der Waals surface area contributed by atoms with Gasteiger partial charge in [0, 0.05) is 25.8 Å². The van der Waals surface area contributed by atoms with E-state index in [1.165, 1.54) is 38.1 Å². The van der Waals surface area contributed by atoms with Crippen LogP contribution in [0.3, 0.4) is 0 Å². The third kappa shape index (κ3) is 17.7. The van der Waals surface area contributed by atoms with Crippen LogP contribution in [-0.4, -0.2) is 148 Å². The number of benzene rings is 1. The number of aliphatic imine (C=N–C) groups is 1. The Morgan fingerprint density at radius 1 is 0.776 bits per heavy atom. The monoisotopic (exact) mass is 945 g/mol. The van der Waals surface area contributed by atoms with Gasteiger partial charge < -0.3 is 74.1 Å². The maximum absolute atomic E-state index is 14.1. The molecule has 3 unspecified atom stereocenters. The number of phenols is 1. The quantitative estimate of drug-likeness (QED) is 0.0365. The number of aliphatic carboxylic acids is 1. The molecule has 2 saturated heterocycles. The molecular weight excluding hydrogens is 883 g/mol. The normalized spacial score (nSPS) is 26.6. The molecule has 1 aromatic carbocycles. The summed E-state index contributed by atoms with van der Waals surface area (Å²) in [5.41, 5.74) is 11.3. The Bertz CT molecular complexity index is 2010. The van der Waals surface area contributed by atoms with Crippen LogP contribution in [0.15, 0.2) is 29.3 Å². The Morgan fingerprint density at radius 3 is 1.91 bits per heavy atom. The summed E-state index contributed by atoms with van der Waals surface area (Å²) < 4.78 is 5.55. The van der Waals surface area contributed by atoms with Crippen molar-refractivity contribution in [2.75, 3.05) is 6.54 Å². The summed E-state index contributed by atoms with van der Waals surface area (Å²) in [6.07, 6.45) is -4.67. The Kier molecular flexibility index (Phi) is 20.7. The fourth-order valence-electron chi connectivity index (χ4n) is 7.00. The first-order chi connectivity index (χ1) is 31.4. The number of carbonyl (C=O) groups is 10. The first-order valence-corrected chi connectivity index (χ1v) is 21.8. The molecule has 2 fully saturated rings. The van der Waals surface area contributed by atoms with Gasteiger partial charge in [-0.05, 0) is 76.5 Å². The number of esters is 1. The average Bonchev–Trinajstić information content (AvgIpc) is 3.69. The lowest BCUT2D eigenvalue weighted by atomic mass is 10.0. The lowest BCUT2D eigenvalue weighted by molar-refractivity contribution is -0.156. The number of nitrogens with two attached hydrogens (primary N) is 2. The molecule has 67 heavy (non-hydrogen) atoms. The van der Waals surface area contributed by atoms with E-state index < -0.39 is 133 Å². The van der Waals surface area contributed by atoms with Crippen molar-refractivity contribution in [3.63, 3.8) is 0 Å². The van der Waals surface area contributed by atoms with Crippen LogP contribution in [0.5, 0.6) is 5.75 Å². The number of aliphatic hydroxyl groups excluding tert-OH is 1. The Balaban J connectivity index is 2.16. The van der Waals surface area contributed by atoms with Crippen molar-refractivity contribution in [3.05, 3.63) is 29.8 Å². The fourth-order valence-corrected chi connectivity index (χ4v) is 7.00. The smallest absolute Gasteiger partial charge is 0.328 e. The highest BCUT2D eigenvalue weighted by molar-refractivity contribution is 5.99. The van der Waals surface area contributed by atoms with E-state index in [9.17, 15) is 63.3 Å². The number of rotatable bonds is 14. The second-order valence-corrected chi connectivity index (χ2v) is 16.9. The van der Waals surface area contributed by atoms with E-state index in [1.54, 1.807) is 13.8 Å². The van der Waals surface area contributed by atoms with E-state index in [4.69, 9.17) is 16.2 Å². The number of nitrogens with zero attached hydrogens (tertiary/aromatic N) is 1. The fraction of sp³-hybridized carbons (Fsp3) is 0.595. The average molecular weight is 946 g/mol. The number of carboxylic acids is 1. The van der Waals surface area contributed by atoms with Crippen LogP contribution in [0.2, 0.25) is 0 Å². The van der Waals surface area contributed by atoms with Crippen LogP contribution < -0.4 is 54.0 Å². The molecule has 370 valence electrons. The Labute approximate surface area is 386 Å². The highest BCUT2D eigenvalue weighted by Gasteiger charge is 2.39. The number of cyclic esters (lactones) is 1. The second kappa shape index (κ2) is 25.6. The molecule has 0 saturated carbocycles. The summed E-state index contributed by atoms with van der Waals surface area (Å²) in [6.45, 7) is 7.01. The molecule has 0 spiro atoms. The Morgan fingerprint density at radius 2 is 1.34 bits per heavy atom. The summed E-state index contributed by atoms with van der Waals surface area (Å²) in [6, 6.07) is -6.72. The number of hydrogen-bond donors (Lipinski definition) is 13. The zero-order valence-electron chi connectivity index (χ0n) is 38.0. The molecular formula is C42H63N11O14. The summed E-state index contributed by atoms with van der Waals surface area (Å²) in [4.78, 5) is 139. The number of amides is 8. The van der Waals surface area contributed by atoms with Crippen LogP contribution in [0.1, 0.15) is 85.1 Å². The third-order valence-corrected chi connectivity index (χ3v) is 10.6. The molecule has 25 nitrogen and oxygen atoms in total. The standard InChI is InChI=1S/C42H63N11O14/c1-19(2)17-28-38(63)48-27(13-15-31(57)58)35(60)51-29(18-23-8-10-24(55)11-9-23)37(62)46-20(3)41(66)67-22(5)33(53-36(61)26-12-14-30(56)47-26)40(65)52-32(21(4)54)39(64)49-25(34(59)50-28)7-6-16-45-42(43)44/h8-11,19-22,25-29,32-33,54-55H,6-7,12-18H2,1-5H3,(H,46,62)(H,47,56)(H,48,63)(H,49,64)(H,50,59)(H,51,60)(H,52,65)(H,53,61)(H,57,58)(H4,43,44,45)/t20-,21+,22+,25-,26-,27?,28?,29-,32?,33-/m0/s1. The summed E-state index contributed by atoms with van der Waals surface area (Å²) in [5.74, 6) is -10.6. The van der Waals surface area contributed by atoms with Gasteiger partial charge in [-0.2, -0.15) is 0 Å². The number of guanidine groups is 1. The molecule has 0 radical (unpaired) electrons. The van der Waals surface area contributed by atoms with Crippen molar-refractivity contribution in [2.45, 2.75) is 147 Å². The van der Waals surface area contributed by atoms with Crippen LogP contribution in [-0.2, 0) is 59.1 Å². The number of aromatic hydroxyl groups is 1. The number of phenolic OH excluding ortho intramolecular Hbond substituents is 1. The molecule has 10 atom stereocenters. The van der Waals surface area contributed by atoms with E-state index in [0.29, 0.717) is 5.56 Å². The van der Waals surface area contributed by atoms with Gasteiger partial charge >= 0.3 is 11.9 Å². The zero-order valence-corrected chi connectivity index (χ0v) is 38.0. The molecule has 15 N–H and O–H groups in total. The summed E-state index contributed by atoms with van der Waals surface area (Å²) in [5, 5.41) is 49.9. The molecule has 2 aliphatic heterocycles. The first-order valence-electron chi connectivity index (χ1n) is 21.8. The maximum Gasteiger partial charge on any atom is 0.328 e. The summed E-state index contributed by atoms with van der Waals surface area (Å²) >= 11 is 0. The molecule has 0 bridgehead atoms. The van der Waals surface area contributed by atoms with Crippen molar-refractivity contribution in [1.29, 1.82) is 0 Å². The van der Waals surface area contributed by atoms with Crippen LogP contribution in [0.4, 0.5) is 0 Å². The minimum Gasteiger partial charge on any atom is -0.508 e. The minimum atomic E-state index is -1.83. The van der Waals surface area contributed by atoms with Gasteiger partial charge in [-0.25, -0.2) is 4.79 Å². The van der Waals surface area contributed by atoms with Gasteiger partial charge in [0.05, 0.1) is 6.10 Å². The highest BCUT2D eigenvalue weighted by atomic mass is 16.5. The molecule has 3 rings (SSSR count). The van der Waals surface area contributed by atoms with Gasteiger partial charge in [-0.15, -0.1) is 0 Å². The van der Waals surface area contributed by atoms with Crippen molar-refractivity contribution >= 4 is 65.2 Å². The van der Waals surface area contributed by atoms with Crippen molar-refractivity contribution in [2.24, 2.45) is 22.4 Å². The first kappa shape index (κ1) is 54.3. The zero-order chi connectivity index (χ0) is 50.1. The molecule has 8 amide bonds. The molecule has 2 heterocycles. The second-order valence-electron chi connectivity index (χ2n) is 16.9. The molecule has 1 aromatic rings. The number of aliphatic hydroxyl groups is 1. The molecule has 0 aliphatic carbocycles. The summed E-state index contributed by atoms with van der Waals surface area (Å²) in [7, 11) is 0. The van der Waals surface area contributed by atoms with Crippen molar-refractivity contribution in [1.82, 2.24) is 42.5 Å². The van der Waals surface area contributed by atoms with E-state index >= 15 is 0 Å². The van der Waals surface area contributed by atoms with Gasteiger partial charge in [0.2, 0.25) is 47.3 Å². The van der Waals surface area contributed by atoms with Crippen molar-refractivity contribution < 1.29 is 68.0 Å². The predicted molar refractivity (Wildman–Crippen MR) is 236 cm³/mol. The topological polar surface area (TPSA) is 401 Å². The van der Waals surface area contributed by atoms with E-state index in [1.807, 2.05) is 0 Å². The van der Waals surface area contributed by atoms with Gasteiger partial charge in [0.15, 0.2) is 5.96 Å². The predicted octanol–water partition coefficient (Wildman–Crippen LogP) is -4.08. The molecule has 25 heteroatoms. The third-order valence-electron chi connectivity index (χ3n) is 10.6. The number of ether oxygens (including phenoxy) is 1. The molecule has 0 aromatic heterocycles. The van der Waals surface area contributed by atoms with E-state index in [-0.39, 0.29) is 62.7 Å². The van der Waals surface area contributed by atoms with Crippen LogP contribution in [0.25, 0.3) is 0 Å². The number of hydrogen-bond acceptors (Lipinski definition) is 14. The van der Waals surface area contributed by atoms with E-state index in [0.717, 1.165) is 6.92 Å². The van der Waals surface area contributed by atoms with Crippen molar-refractivity contribution in [3.8, 4) is 5.75 Å². The van der Waals surface area contributed by atoms with Crippen LogP contribution in [0, 0.1) is 5.92 Å². The maximum atomic E-state index is 14.1. The lowest BCUT2D eigenvalue weighted by Crippen LogP contribution is -2.63. The minimum absolute atomic E-state index is 0.00173. The van der Waals surface area contributed by atoms with Crippen LogP contribution >= 0.6 is 0 Å². The SMILES string of the molecule is CC(C)CC1NC(=O)[C@H](CCCN=C(N)N)NC(=O)C([C@@H](C)O)NC(=O)[C@@H](NC(=O)[C@@H]2CCC(=O)N2)[C@@H](C)OC(=O)[C@H](C)NC(=O)[C@H](Cc2ccc(O)cc2)NC(=O)C(CCC(=O)O)NC1=O. The van der Waals surface area contributed by atoms with Gasteiger partial charge in [0.1, 0.15) is 60.2 Å². The molecule has 2 aliphatic rings. The van der Waals surface area contributed by atoms with E-state index in [2.05, 4.69) is 47.5 Å². The number of carboxylic acid groups (broad SMARTS) is 1. The lowest BCUT2D eigenvalue weighted by Gasteiger charge is -2.30. The van der Waals surface area contributed by atoms with Gasteiger partial charge in [-0.3, -0.25) is 48.1 Å². The van der Waals surface area contributed by atoms with Gasteiger partial charge in [-0.1, -0.05) is 26.0 Å². The van der Waals surface area contributed by atoms with Gasteiger partial charge in [0.25, 0.3) is 0 Å². The number of nitrogens with one attached hydrogen (secondary N) is 8. The highest BCUT2D eigenvalue weighted by Crippen LogP contribution is 2.15. The largest absolute Gasteiger partial charge is 0.508 e.